The maximum Gasteiger partial charge on any atom is 0.282 e. The number of hydrogen-bond acceptors (Lipinski definition) is 3. The molecule has 3 rings (SSSR count). The van der Waals surface area contributed by atoms with Gasteiger partial charge in [-0.1, -0.05) is 17.7 Å². The number of halogens is 1. The molecule has 2 aromatic carbocycles. The number of carbonyl (C=O) groups is 1. The van der Waals surface area contributed by atoms with Crippen molar-refractivity contribution < 1.29 is 4.79 Å². The van der Waals surface area contributed by atoms with Crippen LogP contribution >= 0.6 is 11.6 Å². The van der Waals surface area contributed by atoms with E-state index in [1.807, 2.05) is 32.9 Å². The van der Waals surface area contributed by atoms with E-state index in [9.17, 15) is 9.59 Å². The molecule has 0 aliphatic heterocycles. The van der Waals surface area contributed by atoms with Crippen LogP contribution in [0.1, 0.15) is 28.5 Å². The van der Waals surface area contributed by atoms with Gasteiger partial charge in [0.25, 0.3) is 11.5 Å². The van der Waals surface area contributed by atoms with E-state index in [4.69, 9.17) is 11.6 Å². The van der Waals surface area contributed by atoms with Gasteiger partial charge in [-0.15, -0.1) is 0 Å². The molecule has 0 atom stereocenters. The first-order chi connectivity index (χ1) is 11.9. The first-order valence-electron chi connectivity index (χ1n) is 7.99. The number of anilines is 1. The van der Waals surface area contributed by atoms with E-state index in [1.165, 1.54) is 0 Å². The molecule has 1 amide bonds. The molecule has 3 aromatic rings. The minimum atomic E-state index is -0.547. The van der Waals surface area contributed by atoms with Crippen LogP contribution in [0.15, 0.2) is 41.2 Å². The maximum atomic E-state index is 12.7. The number of aryl methyl sites for hydroxylation is 3. The van der Waals surface area contributed by atoms with Gasteiger partial charge in [0, 0.05) is 17.3 Å². The van der Waals surface area contributed by atoms with Gasteiger partial charge in [-0.3, -0.25) is 9.59 Å². The summed E-state index contributed by atoms with van der Waals surface area (Å²) in [6, 6.07) is 10.6. The van der Waals surface area contributed by atoms with Gasteiger partial charge in [0.05, 0.1) is 11.0 Å². The van der Waals surface area contributed by atoms with Crippen LogP contribution < -0.4 is 10.9 Å². The van der Waals surface area contributed by atoms with Crippen LogP contribution in [0.3, 0.4) is 0 Å². The number of rotatable bonds is 3. The highest BCUT2D eigenvalue weighted by molar-refractivity contribution is 6.30. The second-order valence-corrected chi connectivity index (χ2v) is 6.34. The molecule has 0 saturated heterocycles. The number of benzene rings is 2. The molecule has 0 saturated carbocycles. The SMILES string of the molecule is CCn1c(=O)c(C(=O)Nc2cccc(Cl)c2)nc2cc(C)c(C)cc21. The number of fused-ring (bicyclic) bond motifs is 1. The number of amides is 1. The first kappa shape index (κ1) is 17.2. The second kappa shape index (κ2) is 6.69. The van der Waals surface area contributed by atoms with Crippen molar-refractivity contribution in [3.05, 3.63) is 68.6 Å². The van der Waals surface area contributed by atoms with Gasteiger partial charge in [0.1, 0.15) is 0 Å². The van der Waals surface area contributed by atoms with E-state index in [0.717, 1.165) is 16.6 Å². The van der Waals surface area contributed by atoms with Crippen molar-refractivity contribution in [3.63, 3.8) is 0 Å². The zero-order valence-corrected chi connectivity index (χ0v) is 15.0. The lowest BCUT2D eigenvalue weighted by Gasteiger charge is -2.12. The third kappa shape index (κ3) is 3.28. The molecule has 0 aliphatic rings. The molecule has 0 radical (unpaired) electrons. The molecule has 1 aromatic heterocycles. The third-order valence-corrected chi connectivity index (χ3v) is 4.41. The molecular formula is C19H18ClN3O2. The molecule has 0 unspecified atom stereocenters. The van der Waals surface area contributed by atoms with Crippen LogP contribution in [0.2, 0.25) is 5.02 Å². The number of nitrogens with zero attached hydrogens (tertiary/aromatic N) is 2. The van der Waals surface area contributed by atoms with Crippen molar-refractivity contribution in [3.8, 4) is 0 Å². The Morgan fingerprint density at radius 1 is 1.20 bits per heavy atom. The monoisotopic (exact) mass is 355 g/mol. The fraction of sp³-hybridized carbons (Fsp3) is 0.211. The highest BCUT2D eigenvalue weighted by Gasteiger charge is 2.18. The summed E-state index contributed by atoms with van der Waals surface area (Å²) in [7, 11) is 0. The van der Waals surface area contributed by atoms with Crippen LogP contribution in [-0.4, -0.2) is 15.5 Å². The minimum Gasteiger partial charge on any atom is -0.320 e. The Bertz CT molecular complexity index is 1040. The fourth-order valence-corrected chi connectivity index (χ4v) is 2.91. The lowest BCUT2D eigenvalue weighted by atomic mass is 10.1. The molecule has 0 fully saturated rings. The van der Waals surface area contributed by atoms with E-state index in [1.54, 1.807) is 28.8 Å². The Balaban J connectivity index is 2.12. The average molecular weight is 356 g/mol. The van der Waals surface area contributed by atoms with Crippen LogP contribution in [0.25, 0.3) is 11.0 Å². The predicted molar refractivity (Wildman–Crippen MR) is 101 cm³/mol. The summed E-state index contributed by atoms with van der Waals surface area (Å²) >= 11 is 5.93. The lowest BCUT2D eigenvalue weighted by molar-refractivity contribution is 0.102. The molecule has 6 heteroatoms. The summed E-state index contributed by atoms with van der Waals surface area (Å²) in [6.07, 6.45) is 0. The summed E-state index contributed by atoms with van der Waals surface area (Å²) in [5, 5.41) is 3.18. The van der Waals surface area contributed by atoms with Gasteiger partial charge in [-0.2, -0.15) is 0 Å². The largest absolute Gasteiger partial charge is 0.320 e. The van der Waals surface area contributed by atoms with Crippen molar-refractivity contribution in [2.75, 3.05) is 5.32 Å². The van der Waals surface area contributed by atoms with E-state index in [2.05, 4.69) is 10.3 Å². The molecule has 25 heavy (non-hydrogen) atoms. The number of hydrogen-bond donors (Lipinski definition) is 1. The van der Waals surface area contributed by atoms with Crippen molar-refractivity contribution in [1.82, 2.24) is 9.55 Å². The van der Waals surface area contributed by atoms with E-state index < -0.39 is 11.5 Å². The van der Waals surface area contributed by atoms with Crippen LogP contribution in [0, 0.1) is 13.8 Å². The fourth-order valence-electron chi connectivity index (χ4n) is 2.72. The molecule has 0 aliphatic carbocycles. The summed E-state index contributed by atoms with van der Waals surface area (Å²) in [5.74, 6) is -0.547. The zero-order chi connectivity index (χ0) is 18.1. The van der Waals surface area contributed by atoms with Gasteiger partial charge < -0.3 is 9.88 Å². The molecule has 128 valence electrons. The smallest absolute Gasteiger partial charge is 0.282 e. The molecule has 1 heterocycles. The van der Waals surface area contributed by atoms with Crippen molar-refractivity contribution in [2.24, 2.45) is 0 Å². The topological polar surface area (TPSA) is 64.0 Å². The standard InChI is InChI=1S/C19H18ClN3O2/c1-4-23-16-9-12(3)11(2)8-15(16)22-17(19(23)25)18(24)21-14-7-5-6-13(20)10-14/h5-10H,4H2,1-3H3,(H,21,24). The van der Waals surface area contributed by atoms with Gasteiger partial charge in [-0.05, 0) is 62.2 Å². The Morgan fingerprint density at radius 3 is 2.60 bits per heavy atom. The Hall–Kier alpha value is -2.66. The molecular weight excluding hydrogens is 338 g/mol. The van der Waals surface area contributed by atoms with E-state index in [0.29, 0.717) is 22.8 Å². The Kier molecular flexibility index (Phi) is 4.59. The summed E-state index contributed by atoms with van der Waals surface area (Å²) in [5.41, 5.74) is 3.47. The summed E-state index contributed by atoms with van der Waals surface area (Å²) < 4.78 is 1.57. The molecule has 5 nitrogen and oxygen atoms in total. The van der Waals surface area contributed by atoms with Crippen molar-refractivity contribution in [2.45, 2.75) is 27.3 Å². The second-order valence-electron chi connectivity index (χ2n) is 5.90. The number of carbonyl (C=O) groups excluding carboxylic acids is 1. The third-order valence-electron chi connectivity index (χ3n) is 4.18. The van der Waals surface area contributed by atoms with Crippen molar-refractivity contribution >= 4 is 34.2 Å². The van der Waals surface area contributed by atoms with Crippen molar-refractivity contribution in [1.29, 1.82) is 0 Å². The van der Waals surface area contributed by atoms with Crippen LogP contribution in [0.5, 0.6) is 0 Å². The summed E-state index contributed by atoms with van der Waals surface area (Å²) in [6.45, 7) is 6.29. The van der Waals surface area contributed by atoms with E-state index in [-0.39, 0.29) is 5.69 Å². The van der Waals surface area contributed by atoms with Crippen LogP contribution in [0.4, 0.5) is 5.69 Å². The Morgan fingerprint density at radius 2 is 1.92 bits per heavy atom. The van der Waals surface area contributed by atoms with Crippen LogP contribution in [-0.2, 0) is 6.54 Å². The molecule has 0 bridgehead atoms. The highest BCUT2D eigenvalue weighted by Crippen LogP contribution is 2.18. The number of aromatic nitrogens is 2. The lowest BCUT2D eigenvalue weighted by Crippen LogP contribution is -2.31. The first-order valence-corrected chi connectivity index (χ1v) is 8.37. The van der Waals surface area contributed by atoms with Gasteiger partial charge in [0.2, 0.25) is 0 Å². The Labute approximate surface area is 150 Å². The van der Waals surface area contributed by atoms with Gasteiger partial charge in [-0.25, -0.2) is 4.98 Å². The quantitative estimate of drug-likeness (QED) is 0.774. The molecule has 1 N–H and O–H groups in total. The normalized spacial score (nSPS) is 10.9. The summed E-state index contributed by atoms with van der Waals surface area (Å²) in [4.78, 5) is 29.6. The maximum absolute atomic E-state index is 12.7. The van der Waals surface area contributed by atoms with Gasteiger partial charge >= 0.3 is 0 Å². The van der Waals surface area contributed by atoms with Gasteiger partial charge in [0.15, 0.2) is 5.69 Å². The minimum absolute atomic E-state index is 0.127. The highest BCUT2D eigenvalue weighted by atomic mass is 35.5. The van der Waals surface area contributed by atoms with E-state index >= 15 is 0 Å². The molecule has 0 spiro atoms. The zero-order valence-electron chi connectivity index (χ0n) is 14.3. The predicted octanol–water partition coefficient (Wildman–Crippen LogP) is 3.94. The average Bonchev–Trinajstić information content (AvgIpc) is 2.56. The number of nitrogens with one attached hydrogen (secondary N) is 1.